The van der Waals surface area contributed by atoms with Crippen molar-refractivity contribution in [2.45, 2.75) is 27.7 Å². The zero-order valence-corrected chi connectivity index (χ0v) is 18.3. The maximum atomic E-state index is 12.5. The molecule has 0 bridgehead atoms. The summed E-state index contributed by atoms with van der Waals surface area (Å²) in [4.78, 5) is 14.6. The number of nitrogens with one attached hydrogen (secondary N) is 1. The first-order chi connectivity index (χ1) is 13.2. The highest BCUT2D eigenvalue weighted by molar-refractivity contribution is 7.80. The molecule has 0 radical (unpaired) electrons. The number of rotatable bonds is 7. The van der Waals surface area contributed by atoms with Crippen molar-refractivity contribution in [3.8, 4) is 5.75 Å². The van der Waals surface area contributed by atoms with Gasteiger partial charge >= 0.3 is 0 Å². The smallest absolute Gasteiger partial charge is 0.264 e. The summed E-state index contributed by atoms with van der Waals surface area (Å²) >= 11 is 11.4. The fourth-order valence-electron chi connectivity index (χ4n) is 2.71. The number of carbonyl (C=O) groups is 1. The second-order valence-electron chi connectivity index (χ2n) is 7.55. The molecule has 0 aromatic heterocycles. The van der Waals surface area contributed by atoms with E-state index in [1.807, 2.05) is 0 Å². The number of anilines is 1. The Morgan fingerprint density at radius 1 is 1.07 bits per heavy atom. The molecule has 0 aliphatic carbocycles. The van der Waals surface area contributed by atoms with E-state index < -0.39 is 0 Å². The topological polar surface area (TPSA) is 41.6 Å². The fraction of sp³-hybridized carbons (Fsp3) is 0.364. The minimum Gasteiger partial charge on any atom is -0.432 e. The Kier molecular flexibility index (Phi) is 8.27. The summed E-state index contributed by atoms with van der Waals surface area (Å²) in [6.07, 6.45) is 0. The van der Waals surface area contributed by atoms with E-state index in [1.54, 1.807) is 48.5 Å². The van der Waals surface area contributed by atoms with Gasteiger partial charge in [-0.15, -0.1) is 0 Å². The standard InChI is InChI=1S/C22H27ClN2O2S/c1-15(2)13-25(14-16(3)4)22(28)27-20-7-5-6-17(12-20)21(26)24-19-10-8-18(23)9-11-19/h5-12,15-16H,13-14H2,1-4H3,(H,24,26). The number of ether oxygens (including phenoxy) is 1. The van der Waals surface area contributed by atoms with Crippen molar-refractivity contribution in [2.24, 2.45) is 11.8 Å². The van der Waals surface area contributed by atoms with Crippen LogP contribution in [0.4, 0.5) is 5.69 Å². The number of halogens is 1. The maximum absolute atomic E-state index is 12.5. The van der Waals surface area contributed by atoms with E-state index in [0.29, 0.717) is 39.0 Å². The van der Waals surface area contributed by atoms with E-state index in [-0.39, 0.29) is 5.91 Å². The van der Waals surface area contributed by atoms with Gasteiger partial charge in [-0.25, -0.2) is 0 Å². The van der Waals surface area contributed by atoms with Crippen LogP contribution in [0.3, 0.4) is 0 Å². The van der Waals surface area contributed by atoms with Gasteiger partial charge in [-0.3, -0.25) is 4.79 Å². The summed E-state index contributed by atoms with van der Waals surface area (Å²) in [5.74, 6) is 1.26. The molecule has 4 nitrogen and oxygen atoms in total. The molecule has 0 saturated carbocycles. The predicted molar refractivity (Wildman–Crippen MR) is 120 cm³/mol. The summed E-state index contributed by atoms with van der Waals surface area (Å²) in [5, 5.41) is 3.89. The van der Waals surface area contributed by atoms with Crippen molar-refractivity contribution in [1.82, 2.24) is 4.90 Å². The van der Waals surface area contributed by atoms with Crippen LogP contribution in [0.5, 0.6) is 5.75 Å². The van der Waals surface area contributed by atoms with Gasteiger partial charge in [0.25, 0.3) is 11.1 Å². The monoisotopic (exact) mass is 418 g/mol. The molecule has 28 heavy (non-hydrogen) atoms. The second kappa shape index (κ2) is 10.4. The molecule has 0 fully saturated rings. The molecule has 0 saturated heterocycles. The third-order valence-corrected chi connectivity index (χ3v) is 4.43. The van der Waals surface area contributed by atoms with Gasteiger partial charge in [0, 0.05) is 29.4 Å². The Morgan fingerprint density at radius 2 is 1.68 bits per heavy atom. The van der Waals surface area contributed by atoms with Gasteiger partial charge in [-0.2, -0.15) is 0 Å². The highest BCUT2D eigenvalue weighted by Crippen LogP contribution is 2.18. The lowest BCUT2D eigenvalue weighted by molar-refractivity contribution is 0.102. The van der Waals surface area contributed by atoms with Crippen molar-refractivity contribution in [3.05, 3.63) is 59.1 Å². The molecule has 0 unspecified atom stereocenters. The maximum Gasteiger partial charge on any atom is 0.264 e. The molecule has 0 aliphatic rings. The van der Waals surface area contributed by atoms with E-state index in [9.17, 15) is 4.79 Å². The van der Waals surface area contributed by atoms with Crippen LogP contribution in [-0.2, 0) is 0 Å². The van der Waals surface area contributed by atoms with Crippen molar-refractivity contribution in [2.75, 3.05) is 18.4 Å². The van der Waals surface area contributed by atoms with Crippen LogP contribution in [0.1, 0.15) is 38.1 Å². The fourth-order valence-corrected chi connectivity index (χ4v) is 3.08. The third-order valence-electron chi connectivity index (χ3n) is 3.83. The van der Waals surface area contributed by atoms with Gasteiger partial charge in [0.2, 0.25) is 0 Å². The van der Waals surface area contributed by atoms with Crippen LogP contribution in [-0.4, -0.2) is 29.1 Å². The van der Waals surface area contributed by atoms with E-state index in [0.717, 1.165) is 13.1 Å². The van der Waals surface area contributed by atoms with Crippen LogP contribution >= 0.6 is 23.8 Å². The molecule has 2 aromatic rings. The summed E-state index contributed by atoms with van der Waals surface area (Å²) in [7, 11) is 0. The van der Waals surface area contributed by atoms with Gasteiger partial charge < -0.3 is 15.0 Å². The molecule has 0 atom stereocenters. The Bertz CT molecular complexity index is 796. The van der Waals surface area contributed by atoms with Crippen LogP contribution in [0.2, 0.25) is 5.02 Å². The number of carbonyl (C=O) groups excluding carboxylic acids is 1. The molecule has 2 rings (SSSR count). The highest BCUT2D eigenvalue weighted by atomic mass is 35.5. The van der Waals surface area contributed by atoms with E-state index in [4.69, 9.17) is 28.6 Å². The number of nitrogens with zero attached hydrogens (tertiary/aromatic N) is 1. The molecule has 0 aliphatic heterocycles. The third kappa shape index (κ3) is 7.13. The first-order valence-electron chi connectivity index (χ1n) is 9.38. The zero-order valence-electron chi connectivity index (χ0n) is 16.7. The molecule has 6 heteroatoms. The predicted octanol–water partition coefficient (Wildman–Crippen LogP) is 5.87. The van der Waals surface area contributed by atoms with E-state index in [1.165, 1.54) is 0 Å². The molecule has 0 spiro atoms. The van der Waals surface area contributed by atoms with Crippen LogP contribution in [0.15, 0.2) is 48.5 Å². The number of hydrogen-bond acceptors (Lipinski definition) is 3. The van der Waals surface area contributed by atoms with Crippen LogP contribution in [0, 0.1) is 11.8 Å². The molecule has 1 amide bonds. The summed E-state index contributed by atoms with van der Waals surface area (Å²) in [6.45, 7) is 10.3. The van der Waals surface area contributed by atoms with Crippen molar-refractivity contribution >= 4 is 40.6 Å². The van der Waals surface area contributed by atoms with Gasteiger partial charge in [-0.1, -0.05) is 45.4 Å². The average molecular weight is 419 g/mol. The lowest BCUT2D eigenvalue weighted by Crippen LogP contribution is -2.38. The minimum absolute atomic E-state index is 0.222. The molecule has 2 aromatic carbocycles. The van der Waals surface area contributed by atoms with Crippen LogP contribution < -0.4 is 10.1 Å². The molecular formula is C22H27ClN2O2S. The second-order valence-corrected chi connectivity index (χ2v) is 8.34. The molecule has 150 valence electrons. The van der Waals surface area contributed by atoms with E-state index in [2.05, 4.69) is 37.9 Å². The summed E-state index contributed by atoms with van der Waals surface area (Å²) in [6, 6.07) is 14.0. The quantitative estimate of drug-likeness (QED) is 0.571. The number of thiocarbonyl (C=S) groups is 1. The Labute approximate surface area is 177 Å². The Morgan fingerprint density at radius 3 is 2.25 bits per heavy atom. The molecule has 1 N–H and O–H groups in total. The first-order valence-corrected chi connectivity index (χ1v) is 10.2. The number of amides is 1. The largest absolute Gasteiger partial charge is 0.432 e. The van der Waals surface area contributed by atoms with Gasteiger partial charge in [-0.05, 0) is 66.5 Å². The Hall–Kier alpha value is -2.11. The van der Waals surface area contributed by atoms with Crippen molar-refractivity contribution < 1.29 is 9.53 Å². The summed E-state index contributed by atoms with van der Waals surface area (Å²) in [5.41, 5.74) is 1.17. The zero-order chi connectivity index (χ0) is 20.7. The highest BCUT2D eigenvalue weighted by Gasteiger charge is 2.16. The van der Waals surface area contributed by atoms with Gasteiger partial charge in [0.1, 0.15) is 5.75 Å². The van der Waals surface area contributed by atoms with Gasteiger partial charge in [0.05, 0.1) is 0 Å². The Balaban J connectivity index is 2.07. The lowest BCUT2D eigenvalue weighted by atomic mass is 10.1. The number of hydrogen-bond donors (Lipinski definition) is 1. The molecule has 0 heterocycles. The SMILES string of the molecule is CC(C)CN(CC(C)C)C(=S)Oc1cccc(C(=O)Nc2ccc(Cl)cc2)c1. The minimum atomic E-state index is -0.222. The van der Waals surface area contributed by atoms with Crippen LogP contribution in [0.25, 0.3) is 0 Å². The van der Waals surface area contributed by atoms with Crippen molar-refractivity contribution in [3.63, 3.8) is 0 Å². The summed E-state index contributed by atoms with van der Waals surface area (Å²) < 4.78 is 5.89. The first kappa shape index (κ1) is 22.2. The van der Waals surface area contributed by atoms with E-state index >= 15 is 0 Å². The van der Waals surface area contributed by atoms with Gasteiger partial charge in [0.15, 0.2) is 0 Å². The normalized spacial score (nSPS) is 10.8. The average Bonchev–Trinajstić information content (AvgIpc) is 2.62. The molecular weight excluding hydrogens is 392 g/mol. The number of benzene rings is 2. The lowest BCUT2D eigenvalue weighted by Gasteiger charge is -2.28. The van der Waals surface area contributed by atoms with Crippen molar-refractivity contribution in [1.29, 1.82) is 0 Å².